The van der Waals surface area contributed by atoms with Gasteiger partial charge in [-0.05, 0) is 17.9 Å². The molecule has 0 radical (unpaired) electrons. The Morgan fingerprint density at radius 1 is 1.57 bits per heavy atom. The molecule has 6 nitrogen and oxygen atoms in total. The topological polar surface area (TPSA) is 105 Å². The molecule has 8 heteroatoms. The molecule has 2 aromatic heterocycles. The van der Waals surface area contributed by atoms with Gasteiger partial charge in [0.2, 0.25) is 5.91 Å². The normalized spacial score (nSPS) is 10.0. The van der Waals surface area contributed by atoms with E-state index in [1.165, 1.54) is 22.8 Å². The van der Waals surface area contributed by atoms with Gasteiger partial charge in [-0.15, -0.1) is 11.3 Å². The summed E-state index contributed by atoms with van der Waals surface area (Å²) in [6.07, 6.45) is 2.19. The standard InChI is InChI=1S/C13H13N5OS2/c14-6-9-7-17-13(18-12(9)15)21-8-11(19)16-4-3-10-2-1-5-20-10/h1-2,5,7H,3-4,8H2,(H,16,19)(H2,15,17,18). The Morgan fingerprint density at radius 3 is 3.10 bits per heavy atom. The summed E-state index contributed by atoms with van der Waals surface area (Å²) >= 11 is 2.86. The van der Waals surface area contributed by atoms with Crippen molar-refractivity contribution < 1.29 is 4.79 Å². The van der Waals surface area contributed by atoms with Crippen LogP contribution in [0.5, 0.6) is 0 Å². The maximum Gasteiger partial charge on any atom is 0.230 e. The van der Waals surface area contributed by atoms with Gasteiger partial charge in [0.1, 0.15) is 17.5 Å². The molecule has 0 saturated heterocycles. The Kier molecular flexibility index (Phi) is 5.54. The van der Waals surface area contributed by atoms with E-state index < -0.39 is 0 Å². The molecule has 0 unspecified atom stereocenters. The van der Waals surface area contributed by atoms with Gasteiger partial charge in [0.15, 0.2) is 5.16 Å². The second-order valence-corrected chi connectivity index (χ2v) is 6.01. The summed E-state index contributed by atoms with van der Waals surface area (Å²) in [4.78, 5) is 20.9. The first-order valence-corrected chi connectivity index (χ1v) is 8.00. The Hall–Kier alpha value is -2.11. The number of carbonyl (C=O) groups excluding carboxylic acids is 1. The third kappa shape index (κ3) is 4.73. The third-order valence-corrected chi connectivity index (χ3v) is 4.32. The fourth-order valence-electron chi connectivity index (χ4n) is 1.49. The zero-order chi connectivity index (χ0) is 15.1. The minimum absolute atomic E-state index is 0.0805. The highest BCUT2D eigenvalue weighted by molar-refractivity contribution is 7.99. The summed E-state index contributed by atoms with van der Waals surface area (Å²) in [5.41, 5.74) is 5.82. The van der Waals surface area contributed by atoms with E-state index in [0.717, 1.165) is 6.42 Å². The van der Waals surface area contributed by atoms with Crippen LogP contribution in [0.25, 0.3) is 0 Å². The fraction of sp³-hybridized carbons (Fsp3) is 0.231. The molecule has 3 N–H and O–H groups in total. The highest BCUT2D eigenvalue weighted by Crippen LogP contribution is 2.15. The molecule has 0 saturated carbocycles. The minimum atomic E-state index is -0.0805. The number of nitriles is 1. The molecule has 0 atom stereocenters. The molecule has 0 spiro atoms. The van der Waals surface area contributed by atoms with Crippen molar-refractivity contribution in [1.29, 1.82) is 5.26 Å². The number of amides is 1. The van der Waals surface area contributed by atoms with Crippen LogP contribution in [0.1, 0.15) is 10.4 Å². The molecule has 2 heterocycles. The predicted molar refractivity (Wildman–Crippen MR) is 82.9 cm³/mol. The van der Waals surface area contributed by atoms with Crippen LogP contribution < -0.4 is 11.1 Å². The van der Waals surface area contributed by atoms with Crippen molar-refractivity contribution in [2.24, 2.45) is 0 Å². The number of nitrogens with two attached hydrogens (primary N) is 1. The van der Waals surface area contributed by atoms with E-state index in [-0.39, 0.29) is 23.0 Å². The van der Waals surface area contributed by atoms with E-state index in [1.807, 2.05) is 23.6 Å². The number of thioether (sulfide) groups is 1. The van der Waals surface area contributed by atoms with Gasteiger partial charge in [-0.25, -0.2) is 9.97 Å². The van der Waals surface area contributed by atoms with E-state index in [1.54, 1.807) is 11.3 Å². The quantitative estimate of drug-likeness (QED) is 0.616. The number of nitrogens with one attached hydrogen (secondary N) is 1. The Balaban J connectivity index is 1.73. The molecular formula is C13H13N5OS2. The van der Waals surface area contributed by atoms with Gasteiger partial charge < -0.3 is 11.1 Å². The number of hydrogen-bond acceptors (Lipinski definition) is 7. The molecule has 0 fully saturated rings. The van der Waals surface area contributed by atoms with Gasteiger partial charge in [-0.3, -0.25) is 4.79 Å². The predicted octanol–water partition coefficient (Wildman–Crippen LogP) is 1.44. The molecule has 0 aliphatic carbocycles. The van der Waals surface area contributed by atoms with Crippen molar-refractivity contribution in [1.82, 2.24) is 15.3 Å². The minimum Gasteiger partial charge on any atom is -0.382 e. The van der Waals surface area contributed by atoms with Gasteiger partial charge in [0.25, 0.3) is 0 Å². The average Bonchev–Trinajstić information content (AvgIpc) is 2.98. The molecule has 0 aliphatic rings. The Labute approximate surface area is 130 Å². The fourth-order valence-corrected chi connectivity index (χ4v) is 2.86. The van der Waals surface area contributed by atoms with Crippen molar-refractivity contribution in [3.8, 4) is 6.07 Å². The number of nitrogens with zero attached hydrogens (tertiary/aromatic N) is 3. The number of rotatable bonds is 6. The van der Waals surface area contributed by atoms with Gasteiger partial charge in [-0.1, -0.05) is 17.8 Å². The van der Waals surface area contributed by atoms with Crippen LogP contribution in [0.15, 0.2) is 28.9 Å². The Morgan fingerprint density at radius 2 is 2.43 bits per heavy atom. The lowest BCUT2D eigenvalue weighted by atomic mass is 10.3. The van der Waals surface area contributed by atoms with Crippen LogP contribution in [0.2, 0.25) is 0 Å². The van der Waals surface area contributed by atoms with E-state index in [0.29, 0.717) is 11.7 Å². The van der Waals surface area contributed by atoms with Crippen molar-refractivity contribution in [2.75, 3.05) is 18.0 Å². The summed E-state index contributed by atoms with van der Waals surface area (Å²) < 4.78 is 0. The zero-order valence-electron chi connectivity index (χ0n) is 11.1. The lowest BCUT2D eigenvalue weighted by Crippen LogP contribution is -2.27. The number of carbonyl (C=O) groups is 1. The van der Waals surface area contributed by atoms with Crippen molar-refractivity contribution in [3.05, 3.63) is 34.2 Å². The largest absolute Gasteiger partial charge is 0.382 e. The van der Waals surface area contributed by atoms with E-state index >= 15 is 0 Å². The highest BCUT2D eigenvalue weighted by atomic mass is 32.2. The van der Waals surface area contributed by atoms with E-state index in [4.69, 9.17) is 11.0 Å². The van der Waals surface area contributed by atoms with Crippen molar-refractivity contribution >= 4 is 34.8 Å². The number of thiophene rings is 1. The number of nitrogen functional groups attached to an aromatic ring is 1. The third-order valence-electron chi connectivity index (χ3n) is 2.52. The first kappa shape index (κ1) is 15.3. The first-order valence-electron chi connectivity index (χ1n) is 6.13. The lowest BCUT2D eigenvalue weighted by Gasteiger charge is -2.04. The summed E-state index contributed by atoms with van der Waals surface area (Å²) in [6.45, 7) is 0.607. The van der Waals surface area contributed by atoms with E-state index in [2.05, 4.69) is 15.3 Å². The average molecular weight is 319 g/mol. The maximum absolute atomic E-state index is 11.7. The molecule has 108 valence electrons. The van der Waals surface area contributed by atoms with Crippen molar-refractivity contribution in [3.63, 3.8) is 0 Å². The van der Waals surface area contributed by atoms with Crippen LogP contribution in [0.3, 0.4) is 0 Å². The smallest absolute Gasteiger partial charge is 0.230 e. The van der Waals surface area contributed by atoms with Crippen LogP contribution in [0, 0.1) is 11.3 Å². The molecule has 2 aromatic rings. The van der Waals surface area contributed by atoms with Crippen molar-refractivity contribution in [2.45, 2.75) is 11.6 Å². The van der Waals surface area contributed by atoms with Crippen LogP contribution in [0.4, 0.5) is 5.82 Å². The van der Waals surface area contributed by atoms with Gasteiger partial charge in [-0.2, -0.15) is 5.26 Å². The highest BCUT2D eigenvalue weighted by Gasteiger charge is 2.07. The lowest BCUT2D eigenvalue weighted by molar-refractivity contribution is -0.118. The molecule has 2 rings (SSSR count). The number of hydrogen-bond donors (Lipinski definition) is 2. The Bertz CT molecular complexity index is 651. The van der Waals surface area contributed by atoms with Crippen LogP contribution in [-0.4, -0.2) is 28.2 Å². The second kappa shape index (κ2) is 7.61. The number of anilines is 1. The summed E-state index contributed by atoms with van der Waals surface area (Å²) in [5, 5.41) is 14.0. The summed E-state index contributed by atoms with van der Waals surface area (Å²) in [6, 6.07) is 5.92. The molecule has 21 heavy (non-hydrogen) atoms. The van der Waals surface area contributed by atoms with Gasteiger partial charge in [0, 0.05) is 11.4 Å². The summed E-state index contributed by atoms with van der Waals surface area (Å²) in [7, 11) is 0. The summed E-state index contributed by atoms with van der Waals surface area (Å²) in [5.74, 6) is 0.270. The van der Waals surface area contributed by atoms with Crippen LogP contribution >= 0.6 is 23.1 Å². The molecular weight excluding hydrogens is 306 g/mol. The first-order chi connectivity index (χ1) is 10.2. The SMILES string of the molecule is N#Cc1cnc(SCC(=O)NCCc2cccs2)nc1N. The van der Waals surface area contributed by atoms with Gasteiger partial charge in [0.05, 0.1) is 11.9 Å². The second-order valence-electron chi connectivity index (χ2n) is 4.03. The van der Waals surface area contributed by atoms with Gasteiger partial charge >= 0.3 is 0 Å². The molecule has 0 aliphatic heterocycles. The number of aromatic nitrogens is 2. The molecule has 0 aromatic carbocycles. The molecule has 0 bridgehead atoms. The molecule has 1 amide bonds. The van der Waals surface area contributed by atoms with Crippen LogP contribution in [-0.2, 0) is 11.2 Å². The van der Waals surface area contributed by atoms with E-state index in [9.17, 15) is 4.79 Å². The maximum atomic E-state index is 11.7. The monoisotopic (exact) mass is 319 g/mol. The zero-order valence-corrected chi connectivity index (χ0v) is 12.7.